The molecule has 4 aromatic rings. The summed E-state index contributed by atoms with van der Waals surface area (Å²) in [7, 11) is -3.96. The first kappa shape index (κ1) is 25.2. The van der Waals surface area contributed by atoms with Gasteiger partial charge in [-0.3, -0.25) is 0 Å². The highest BCUT2D eigenvalue weighted by Crippen LogP contribution is 2.30. The van der Waals surface area contributed by atoms with E-state index in [2.05, 4.69) is 20.3 Å². The molecule has 36 heavy (non-hydrogen) atoms. The van der Waals surface area contributed by atoms with E-state index in [1.165, 1.54) is 30.3 Å². The maximum atomic E-state index is 12.8. The lowest BCUT2D eigenvalue weighted by Crippen LogP contribution is -2.32. The highest BCUT2D eigenvalue weighted by molar-refractivity contribution is 7.91. The number of nitrogens with zero attached hydrogens (tertiary/aromatic N) is 2. The number of aliphatic hydroxyl groups is 1. The number of phenols is 2. The van der Waals surface area contributed by atoms with Crippen LogP contribution in [0.4, 0.5) is 0 Å². The lowest BCUT2D eigenvalue weighted by molar-refractivity contribution is 0.170. The van der Waals surface area contributed by atoms with Crippen LogP contribution < -0.4 is 10.1 Å². The number of aliphatic hydroxyl groups excluding tert-OH is 1. The van der Waals surface area contributed by atoms with E-state index in [-0.39, 0.29) is 34.9 Å². The predicted molar refractivity (Wildman–Crippen MR) is 129 cm³/mol. The molecular weight excluding hydrogens is 486 g/mol. The molecule has 1 aromatic heterocycles. The Morgan fingerprint density at radius 3 is 2.31 bits per heavy atom. The first-order valence-electron chi connectivity index (χ1n) is 11.1. The van der Waals surface area contributed by atoms with Gasteiger partial charge < -0.3 is 25.4 Å². The third-order valence-corrected chi connectivity index (χ3v) is 7.04. The summed E-state index contributed by atoms with van der Waals surface area (Å²) in [5, 5.41) is 39.4. The van der Waals surface area contributed by atoms with E-state index in [4.69, 9.17) is 4.74 Å². The fraction of sp³-hybridized carbons (Fsp3) is 0.200. The highest BCUT2D eigenvalue weighted by atomic mass is 32.2. The Morgan fingerprint density at radius 1 is 0.972 bits per heavy atom. The first-order valence-corrected chi connectivity index (χ1v) is 12.5. The van der Waals surface area contributed by atoms with E-state index >= 15 is 0 Å². The van der Waals surface area contributed by atoms with E-state index in [1.807, 2.05) is 19.1 Å². The molecule has 0 saturated heterocycles. The van der Waals surface area contributed by atoms with E-state index in [9.17, 15) is 23.7 Å². The molecule has 0 aliphatic heterocycles. The summed E-state index contributed by atoms with van der Waals surface area (Å²) < 4.78 is 35.9. The van der Waals surface area contributed by atoms with Gasteiger partial charge in [0.25, 0.3) is 5.03 Å². The number of hydrogen-bond donors (Lipinski definition) is 4. The second-order valence-corrected chi connectivity index (χ2v) is 10.1. The van der Waals surface area contributed by atoms with Crippen molar-refractivity contribution in [2.45, 2.75) is 35.4 Å². The Kier molecular flexibility index (Phi) is 7.53. The molecule has 0 bridgehead atoms. The number of aromatic nitrogens is 2. The summed E-state index contributed by atoms with van der Waals surface area (Å²) in [6, 6.07) is 18.8. The van der Waals surface area contributed by atoms with Crippen LogP contribution in [-0.2, 0) is 16.3 Å². The zero-order valence-electron chi connectivity index (χ0n) is 19.3. The molecule has 4 N–H and O–H groups in total. The molecule has 4 rings (SSSR count). The normalized spacial score (nSPS) is 13.3. The van der Waals surface area contributed by atoms with Crippen molar-refractivity contribution in [3.63, 3.8) is 0 Å². The van der Waals surface area contributed by atoms with Gasteiger partial charge in [-0.05, 0) is 71.2 Å². The zero-order chi connectivity index (χ0) is 25.7. The summed E-state index contributed by atoms with van der Waals surface area (Å²) in [4.78, 5) is 0.0494. The van der Waals surface area contributed by atoms with Gasteiger partial charge in [-0.25, -0.2) is 13.0 Å². The Bertz CT molecular complexity index is 1390. The molecule has 0 fully saturated rings. The van der Waals surface area contributed by atoms with Crippen molar-refractivity contribution in [3.8, 4) is 23.1 Å². The van der Waals surface area contributed by atoms with Crippen LogP contribution in [0.25, 0.3) is 0 Å². The van der Waals surface area contributed by atoms with Crippen LogP contribution in [0.5, 0.6) is 23.1 Å². The van der Waals surface area contributed by atoms with E-state index < -0.39 is 21.0 Å². The third-order valence-electron chi connectivity index (χ3n) is 5.39. The SMILES string of the molecule is C[C@@H](Cc1ccc(Oc2nonc2S(=O)(=O)c2ccccc2)cc1)NC[C@H](O)c1cc(O)cc(O)c1. The number of ether oxygens (including phenoxy) is 1. The van der Waals surface area contributed by atoms with Gasteiger partial charge in [0.2, 0.25) is 9.84 Å². The van der Waals surface area contributed by atoms with Gasteiger partial charge in [-0.2, -0.15) is 0 Å². The maximum absolute atomic E-state index is 12.8. The van der Waals surface area contributed by atoms with E-state index in [0.717, 1.165) is 5.56 Å². The number of benzene rings is 3. The molecule has 11 heteroatoms. The quantitative estimate of drug-likeness (QED) is 0.249. The predicted octanol–water partition coefficient (Wildman–Crippen LogP) is 3.36. The number of hydrogen-bond acceptors (Lipinski definition) is 10. The molecule has 188 valence electrons. The van der Waals surface area contributed by atoms with E-state index in [0.29, 0.717) is 17.7 Å². The molecule has 2 atom stereocenters. The van der Waals surface area contributed by atoms with Crippen molar-refractivity contribution < 1.29 is 33.1 Å². The summed E-state index contributed by atoms with van der Waals surface area (Å²) >= 11 is 0. The van der Waals surface area contributed by atoms with Gasteiger partial charge in [-0.1, -0.05) is 30.3 Å². The topological polar surface area (TPSA) is 155 Å². The number of nitrogens with one attached hydrogen (secondary N) is 1. The van der Waals surface area contributed by atoms with Gasteiger partial charge in [0.05, 0.1) is 11.0 Å². The minimum Gasteiger partial charge on any atom is -0.508 e. The lowest BCUT2D eigenvalue weighted by Gasteiger charge is -2.18. The first-order chi connectivity index (χ1) is 17.2. The summed E-state index contributed by atoms with van der Waals surface area (Å²) in [5.74, 6) is -0.136. The van der Waals surface area contributed by atoms with Crippen LogP contribution in [0.2, 0.25) is 0 Å². The van der Waals surface area contributed by atoms with E-state index in [1.54, 1.807) is 30.3 Å². The molecule has 3 aromatic carbocycles. The minimum atomic E-state index is -3.96. The molecule has 0 saturated carbocycles. The molecule has 0 aliphatic rings. The van der Waals surface area contributed by atoms with Crippen LogP contribution in [-0.4, -0.2) is 46.6 Å². The monoisotopic (exact) mass is 511 g/mol. The van der Waals surface area contributed by atoms with Gasteiger partial charge in [-0.15, -0.1) is 0 Å². The Morgan fingerprint density at radius 2 is 1.64 bits per heavy atom. The lowest BCUT2D eigenvalue weighted by atomic mass is 10.1. The summed E-state index contributed by atoms with van der Waals surface area (Å²) in [6.45, 7) is 2.18. The average molecular weight is 512 g/mol. The fourth-order valence-electron chi connectivity index (χ4n) is 3.58. The van der Waals surface area contributed by atoms with Gasteiger partial charge in [0.1, 0.15) is 17.2 Å². The summed E-state index contributed by atoms with van der Waals surface area (Å²) in [5.41, 5.74) is 1.38. The zero-order valence-corrected chi connectivity index (χ0v) is 20.1. The van der Waals surface area contributed by atoms with Crippen molar-refractivity contribution in [2.75, 3.05) is 6.54 Å². The van der Waals surface area contributed by atoms with Crippen molar-refractivity contribution in [2.24, 2.45) is 0 Å². The Hall–Kier alpha value is -3.93. The molecular formula is C25H25N3O7S. The molecule has 0 radical (unpaired) electrons. The van der Waals surface area contributed by atoms with Crippen molar-refractivity contribution >= 4 is 9.84 Å². The summed E-state index contributed by atoms with van der Waals surface area (Å²) in [6.07, 6.45) is -0.268. The van der Waals surface area contributed by atoms with Crippen LogP contribution in [0, 0.1) is 0 Å². The second kappa shape index (κ2) is 10.8. The molecule has 0 spiro atoms. The van der Waals surface area contributed by atoms with Crippen LogP contribution in [0.3, 0.4) is 0 Å². The minimum absolute atomic E-state index is 0.000294. The fourth-order valence-corrected chi connectivity index (χ4v) is 4.76. The van der Waals surface area contributed by atoms with Crippen molar-refractivity contribution in [1.82, 2.24) is 15.6 Å². The number of phenolic OH excluding ortho intramolecular Hbond substituents is 2. The molecule has 10 nitrogen and oxygen atoms in total. The molecule has 1 heterocycles. The highest BCUT2D eigenvalue weighted by Gasteiger charge is 2.28. The van der Waals surface area contributed by atoms with Crippen molar-refractivity contribution in [3.05, 3.63) is 83.9 Å². The van der Waals surface area contributed by atoms with Gasteiger partial charge in [0.15, 0.2) is 0 Å². The Labute approximate surface area is 207 Å². The van der Waals surface area contributed by atoms with Crippen LogP contribution >= 0.6 is 0 Å². The number of sulfone groups is 1. The maximum Gasteiger partial charge on any atom is 0.301 e. The van der Waals surface area contributed by atoms with Crippen molar-refractivity contribution in [1.29, 1.82) is 0 Å². The Balaban J connectivity index is 1.35. The largest absolute Gasteiger partial charge is 0.508 e. The number of rotatable bonds is 10. The van der Waals surface area contributed by atoms with Gasteiger partial charge >= 0.3 is 5.88 Å². The van der Waals surface area contributed by atoms with Crippen LogP contribution in [0.1, 0.15) is 24.2 Å². The third kappa shape index (κ3) is 6.00. The molecule has 0 unspecified atom stereocenters. The second-order valence-electron chi connectivity index (χ2n) is 8.25. The number of aromatic hydroxyl groups is 2. The standard InChI is InChI=1S/C25H25N3O7S/c1-16(26-15-23(31)18-12-19(29)14-20(30)13-18)11-17-7-9-21(10-8-17)34-24-25(28-35-27-24)36(32,33)22-5-3-2-4-6-22/h2-10,12-14,16,23,26,29-31H,11,15H2,1H3/t16-,23-/m0/s1. The van der Waals surface area contributed by atoms with Gasteiger partial charge in [0, 0.05) is 18.7 Å². The smallest absolute Gasteiger partial charge is 0.301 e. The molecule has 0 amide bonds. The van der Waals surface area contributed by atoms with Crippen LogP contribution in [0.15, 0.2) is 87.3 Å². The average Bonchev–Trinajstić information content (AvgIpc) is 3.33. The molecule has 0 aliphatic carbocycles.